The van der Waals surface area contributed by atoms with E-state index in [2.05, 4.69) is 20.8 Å². The van der Waals surface area contributed by atoms with Crippen molar-refractivity contribution < 1.29 is 23.9 Å². The number of anilines is 1. The fourth-order valence-electron chi connectivity index (χ4n) is 4.92. The quantitative estimate of drug-likeness (QED) is 0.430. The zero-order valence-corrected chi connectivity index (χ0v) is 19.7. The topological polar surface area (TPSA) is 72.9 Å². The van der Waals surface area contributed by atoms with Gasteiger partial charge in [0.05, 0.1) is 29.0 Å². The summed E-state index contributed by atoms with van der Waals surface area (Å²) in [5, 5.41) is 0. The van der Waals surface area contributed by atoms with Crippen molar-refractivity contribution in [3.05, 3.63) is 59.2 Å². The number of ether oxygens (including phenoxy) is 2. The zero-order valence-electron chi connectivity index (χ0n) is 19.7. The van der Waals surface area contributed by atoms with Crippen LogP contribution >= 0.6 is 0 Å². The molecule has 6 heteroatoms. The molecule has 6 nitrogen and oxygen atoms in total. The maximum absolute atomic E-state index is 13.1. The first kappa shape index (κ1) is 23.0. The Bertz CT molecular complexity index is 1060. The number of imide groups is 1. The fraction of sp³-hybridized carbons (Fsp3) is 0.444. The van der Waals surface area contributed by atoms with Gasteiger partial charge in [0.25, 0.3) is 11.8 Å². The van der Waals surface area contributed by atoms with E-state index in [4.69, 9.17) is 9.47 Å². The lowest BCUT2D eigenvalue weighted by Crippen LogP contribution is -2.35. The number of hydrogen-bond donors (Lipinski definition) is 0. The Labute approximate surface area is 194 Å². The van der Waals surface area contributed by atoms with Crippen molar-refractivity contribution in [1.29, 1.82) is 0 Å². The molecule has 2 amide bonds. The van der Waals surface area contributed by atoms with Crippen LogP contribution in [0.2, 0.25) is 0 Å². The second-order valence-electron chi connectivity index (χ2n) is 9.40. The third kappa shape index (κ3) is 4.52. The van der Waals surface area contributed by atoms with Crippen LogP contribution in [0.5, 0.6) is 5.75 Å². The lowest BCUT2D eigenvalue weighted by molar-refractivity contribution is -0.0174. The van der Waals surface area contributed by atoms with Gasteiger partial charge in [-0.15, -0.1) is 0 Å². The van der Waals surface area contributed by atoms with Gasteiger partial charge in [-0.25, -0.2) is 9.69 Å². The molecule has 1 heterocycles. The number of amides is 2. The minimum atomic E-state index is -0.444. The fourth-order valence-corrected chi connectivity index (χ4v) is 4.92. The molecule has 1 aliphatic carbocycles. The highest BCUT2D eigenvalue weighted by Gasteiger charge is 2.38. The second kappa shape index (κ2) is 9.38. The van der Waals surface area contributed by atoms with Gasteiger partial charge >= 0.3 is 5.97 Å². The Kier molecular flexibility index (Phi) is 6.54. The maximum atomic E-state index is 13.1. The summed E-state index contributed by atoms with van der Waals surface area (Å²) in [5.41, 5.74) is 1.27. The number of rotatable bonds is 6. The Hall–Kier alpha value is -3.15. The normalized spacial score (nSPS) is 22.5. The predicted molar refractivity (Wildman–Crippen MR) is 126 cm³/mol. The van der Waals surface area contributed by atoms with Crippen LogP contribution in [0.4, 0.5) is 5.69 Å². The molecule has 0 radical (unpaired) electrons. The van der Waals surface area contributed by atoms with Gasteiger partial charge in [-0.3, -0.25) is 9.59 Å². The van der Waals surface area contributed by atoms with Crippen LogP contribution in [-0.2, 0) is 4.74 Å². The molecule has 2 aliphatic rings. The molecule has 33 heavy (non-hydrogen) atoms. The van der Waals surface area contributed by atoms with Crippen LogP contribution in [0.1, 0.15) is 78.0 Å². The van der Waals surface area contributed by atoms with E-state index in [1.807, 2.05) is 6.92 Å². The van der Waals surface area contributed by atoms with Crippen molar-refractivity contribution in [3.8, 4) is 5.75 Å². The number of carbonyl (C=O) groups is 3. The molecule has 0 saturated heterocycles. The standard InChI is InChI=1S/C27H31NO5/c1-5-32-20-10-8-19(9-11-20)28-25(29)22-13-7-18(15-23(22)26(28)30)27(31)33-24-14-17(4)6-12-21(24)16(2)3/h7-11,13,15-17,21,24H,5-6,12,14H2,1-4H3/t17-,21-,24+/m1/s1. The highest BCUT2D eigenvalue weighted by atomic mass is 16.5. The van der Waals surface area contributed by atoms with E-state index in [0.717, 1.165) is 24.2 Å². The average Bonchev–Trinajstić information content (AvgIpc) is 3.04. The second-order valence-corrected chi connectivity index (χ2v) is 9.40. The maximum Gasteiger partial charge on any atom is 0.338 e. The summed E-state index contributed by atoms with van der Waals surface area (Å²) in [4.78, 5) is 40.1. The Morgan fingerprint density at radius 1 is 1.03 bits per heavy atom. The first-order chi connectivity index (χ1) is 15.8. The van der Waals surface area contributed by atoms with E-state index < -0.39 is 17.8 Å². The highest BCUT2D eigenvalue weighted by Crippen LogP contribution is 2.36. The van der Waals surface area contributed by atoms with Gasteiger partial charge in [0.1, 0.15) is 11.9 Å². The molecule has 1 fully saturated rings. The van der Waals surface area contributed by atoms with Crippen LogP contribution in [0, 0.1) is 17.8 Å². The Balaban J connectivity index is 1.54. The van der Waals surface area contributed by atoms with Gasteiger partial charge in [0, 0.05) is 0 Å². The van der Waals surface area contributed by atoms with Crippen LogP contribution in [0.15, 0.2) is 42.5 Å². The van der Waals surface area contributed by atoms with Crippen molar-refractivity contribution in [2.75, 3.05) is 11.5 Å². The van der Waals surface area contributed by atoms with Crippen LogP contribution in [0.3, 0.4) is 0 Å². The highest BCUT2D eigenvalue weighted by molar-refractivity contribution is 6.34. The molecular formula is C27H31NO5. The molecule has 0 N–H and O–H groups in total. The van der Waals surface area contributed by atoms with Gasteiger partial charge < -0.3 is 9.47 Å². The molecule has 0 spiro atoms. The van der Waals surface area contributed by atoms with E-state index in [0.29, 0.717) is 41.4 Å². The molecule has 1 saturated carbocycles. The van der Waals surface area contributed by atoms with Crippen molar-refractivity contribution in [3.63, 3.8) is 0 Å². The first-order valence-electron chi connectivity index (χ1n) is 11.8. The van der Waals surface area contributed by atoms with E-state index in [1.165, 1.54) is 6.07 Å². The minimum Gasteiger partial charge on any atom is -0.494 e. The molecule has 2 aromatic rings. The van der Waals surface area contributed by atoms with Crippen molar-refractivity contribution in [1.82, 2.24) is 0 Å². The molecule has 174 valence electrons. The van der Waals surface area contributed by atoms with E-state index in [9.17, 15) is 14.4 Å². The lowest BCUT2D eigenvalue weighted by atomic mass is 9.75. The molecule has 2 aromatic carbocycles. The minimum absolute atomic E-state index is 0.132. The third-order valence-corrected chi connectivity index (χ3v) is 6.75. The summed E-state index contributed by atoms with van der Waals surface area (Å²) >= 11 is 0. The Morgan fingerprint density at radius 2 is 1.73 bits per heavy atom. The number of hydrogen-bond acceptors (Lipinski definition) is 5. The van der Waals surface area contributed by atoms with Gasteiger partial charge in [-0.05, 0) is 80.0 Å². The smallest absolute Gasteiger partial charge is 0.338 e. The molecule has 0 bridgehead atoms. The van der Waals surface area contributed by atoms with Gasteiger partial charge in [0.15, 0.2) is 0 Å². The summed E-state index contributed by atoms with van der Waals surface area (Å²) in [6.45, 7) is 8.93. The molecule has 1 aliphatic heterocycles. The van der Waals surface area contributed by atoms with Crippen LogP contribution in [0.25, 0.3) is 0 Å². The number of esters is 1. The Morgan fingerprint density at radius 3 is 2.39 bits per heavy atom. The van der Waals surface area contributed by atoms with Crippen LogP contribution in [-0.4, -0.2) is 30.5 Å². The van der Waals surface area contributed by atoms with Gasteiger partial charge in [-0.2, -0.15) is 0 Å². The van der Waals surface area contributed by atoms with Gasteiger partial charge in [0.2, 0.25) is 0 Å². The summed E-state index contributed by atoms with van der Waals surface area (Å²) in [6.07, 6.45) is 2.91. The molecular weight excluding hydrogens is 418 g/mol. The third-order valence-electron chi connectivity index (χ3n) is 6.75. The number of carbonyl (C=O) groups excluding carboxylic acids is 3. The van der Waals surface area contributed by atoms with Crippen LogP contribution < -0.4 is 9.64 Å². The first-order valence-corrected chi connectivity index (χ1v) is 11.8. The zero-order chi connectivity index (χ0) is 23.7. The van der Waals surface area contributed by atoms with Crippen molar-refractivity contribution in [2.24, 2.45) is 17.8 Å². The van der Waals surface area contributed by atoms with E-state index >= 15 is 0 Å². The van der Waals surface area contributed by atoms with Gasteiger partial charge in [-0.1, -0.05) is 27.2 Å². The SMILES string of the molecule is CCOc1ccc(N2C(=O)c3ccc(C(=O)O[C@H]4C[C@H](C)CC[C@@H]4C(C)C)cc3C2=O)cc1. The van der Waals surface area contributed by atoms with Crippen molar-refractivity contribution in [2.45, 2.75) is 53.1 Å². The van der Waals surface area contributed by atoms with E-state index in [1.54, 1.807) is 36.4 Å². The van der Waals surface area contributed by atoms with Crippen molar-refractivity contribution >= 4 is 23.5 Å². The number of benzene rings is 2. The summed E-state index contributed by atoms with van der Waals surface area (Å²) < 4.78 is 11.4. The molecule has 3 atom stereocenters. The molecule has 0 aromatic heterocycles. The molecule has 0 unspecified atom stereocenters. The lowest BCUT2D eigenvalue weighted by Gasteiger charge is -2.36. The number of nitrogens with zero attached hydrogens (tertiary/aromatic N) is 1. The predicted octanol–water partition coefficient (Wildman–Crippen LogP) is 5.50. The molecule has 4 rings (SSSR count). The summed E-state index contributed by atoms with van der Waals surface area (Å²) in [7, 11) is 0. The monoisotopic (exact) mass is 449 g/mol. The largest absolute Gasteiger partial charge is 0.494 e. The summed E-state index contributed by atoms with van der Waals surface area (Å²) in [6, 6.07) is 11.4. The van der Waals surface area contributed by atoms with E-state index in [-0.39, 0.29) is 17.2 Å². The average molecular weight is 450 g/mol. The number of fused-ring (bicyclic) bond motifs is 1. The summed E-state index contributed by atoms with van der Waals surface area (Å²) in [5.74, 6) is 0.650.